The van der Waals surface area contributed by atoms with E-state index in [0.29, 0.717) is 12.5 Å². The Hall–Kier alpha value is -0.610. The molecular weight excluding hydrogens is 242 g/mol. The average molecular weight is 258 g/mol. The number of aromatic nitrogens is 1. The zero-order valence-electron chi connectivity index (χ0n) is 8.55. The van der Waals surface area contributed by atoms with Crippen molar-refractivity contribution >= 4 is 21.7 Å². The van der Waals surface area contributed by atoms with Crippen LogP contribution in [0.2, 0.25) is 0 Å². The lowest BCUT2D eigenvalue weighted by molar-refractivity contribution is 0.626. The van der Waals surface area contributed by atoms with Gasteiger partial charge in [-0.15, -0.1) is 0 Å². The lowest BCUT2D eigenvalue weighted by Crippen LogP contribution is -2.20. The third-order valence-corrected chi connectivity index (χ3v) is 3.10. The van der Waals surface area contributed by atoms with Gasteiger partial charge in [-0.3, -0.25) is 0 Å². The van der Waals surface area contributed by atoms with Gasteiger partial charge in [-0.2, -0.15) is 0 Å². The van der Waals surface area contributed by atoms with E-state index in [0.717, 1.165) is 16.8 Å². The third kappa shape index (κ3) is 2.96. The standard InChI is InChI=1S/C10H16BrN3/c1-7(5-12)6-14-10-9(11)8(2)3-4-13-10/h3-4,7H,5-6,12H2,1-2H3,(H,13,14). The van der Waals surface area contributed by atoms with Gasteiger partial charge >= 0.3 is 0 Å². The maximum absolute atomic E-state index is 5.53. The Labute approximate surface area is 93.2 Å². The van der Waals surface area contributed by atoms with Crippen molar-refractivity contribution in [2.24, 2.45) is 11.7 Å². The minimum atomic E-state index is 0.462. The molecule has 0 fully saturated rings. The molecule has 0 radical (unpaired) electrons. The number of rotatable bonds is 4. The molecule has 1 rings (SSSR count). The summed E-state index contributed by atoms with van der Waals surface area (Å²) in [4.78, 5) is 4.25. The van der Waals surface area contributed by atoms with Gasteiger partial charge in [0.1, 0.15) is 5.82 Å². The first-order valence-corrected chi connectivity index (χ1v) is 5.49. The molecule has 0 bridgehead atoms. The molecule has 14 heavy (non-hydrogen) atoms. The molecule has 1 aromatic heterocycles. The molecule has 1 unspecified atom stereocenters. The summed E-state index contributed by atoms with van der Waals surface area (Å²) in [5, 5.41) is 3.27. The summed E-state index contributed by atoms with van der Waals surface area (Å²) < 4.78 is 1.03. The van der Waals surface area contributed by atoms with Gasteiger partial charge in [0.2, 0.25) is 0 Å². The van der Waals surface area contributed by atoms with Crippen LogP contribution in [0.15, 0.2) is 16.7 Å². The first kappa shape index (κ1) is 11.5. The number of nitrogens with zero attached hydrogens (tertiary/aromatic N) is 1. The second kappa shape index (κ2) is 5.32. The van der Waals surface area contributed by atoms with Gasteiger partial charge in [-0.1, -0.05) is 6.92 Å². The van der Waals surface area contributed by atoms with Gasteiger partial charge in [0.15, 0.2) is 0 Å². The van der Waals surface area contributed by atoms with E-state index < -0.39 is 0 Å². The Morgan fingerprint density at radius 1 is 1.64 bits per heavy atom. The second-order valence-electron chi connectivity index (χ2n) is 3.51. The van der Waals surface area contributed by atoms with E-state index in [1.807, 2.05) is 13.0 Å². The summed E-state index contributed by atoms with van der Waals surface area (Å²) in [5.41, 5.74) is 6.72. The summed E-state index contributed by atoms with van der Waals surface area (Å²) >= 11 is 3.50. The molecule has 1 atom stereocenters. The first-order chi connectivity index (χ1) is 6.65. The van der Waals surface area contributed by atoms with Crippen molar-refractivity contribution in [1.82, 2.24) is 4.98 Å². The average Bonchev–Trinajstić information content (AvgIpc) is 2.20. The molecule has 0 spiro atoms. The van der Waals surface area contributed by atoms with Crippen LogP contribution in [-0.4, -0.2) is 18.1 Å². The van der Waals surface area contributed by atoms with Crippen LogP contribution in [0.5, 0.6) is 0 Å². The van der Waals surface area contributed by atoms with Crippen LogP contribution >= 0.6 is 15.9 Å². The zero-order valence-corrected chi connectivity index (χ0v) is 10.1. The molecule has 0 amide bonds. The number of hydrogen-bond acceptors (Lipinski definition) is 3. The van der Waals surface area contributed by atoms with Crippen LogP contribution in [-0.2, 0) is 0 Å². The van der Waals surface area contributed by atoms with Crippen LogP contribution in [0.25, 0.3) is 0 Å². The quantitative estimate of drug-likeness (QED) is 0.870. The summed E-state index contributed by atoms with van der Waals surface area (Å²) in [5.74, 6) is 1.36. The normalized spacial score (nSPS) is 12.6. The van der Waals surface area contributed by atoms with E-state index >= 15 is 0 Å². The van der Waals surface area contributed by atoms with Crippen LogP contribution < -0.4 is 11.1 Å². The van der Waals surface area contributed by atoms with Crippen LogP contribution in [0, 0.1) is 12.8 Å². The predicted octanol–water partition coefficient (Wildman–Crippen LogP) is 2.16. The Kier molecular flexibility index (Phi) is 4.35. The maximum atomic E-state index is 5.53. The molecular formula is C10H16BrN3. The minimum Gasteiger partial charge on any atom is -0.369 e. The summed E-state index contributed by atoms with van der Waals surface area (Å²) in [6, 6.07) is 1.97. The van der Waals surface area contributed by atoms with E-state index in [4.69, 9.17) is 5.73 Å². The summed E-state index contributed by atoms with van der Waals surface area (Å²) in [6.45, 7) is 5.70. The number of hydrogen-bond donors (Lipinski definition) is 2. The minimum absolute atomic E-state index is 0.462. The van der Waals surface area contributed by atoms with Gasteiger partial charge in [-0.25, -0.2) is 4.98 Å². The van der Waals surface area contributed by atoms with Crippen molar-refractivity contribution in [2.45, 2.75) is 13.8 Å². The van der Waals surface area contributed by atoms with Crippen LogP contribution in [0.1, 0.15) is 12.5 Å². The fourth-order valence-electron chi connectivity index (χ4n) is 1.02. The molecule has 4 heteroatoms. The monoisotopic (exact) mass is 257 g/mol. The lowest BCUT2D eigenvalue weighted by Gasteiger charge is -2.12. The SMILES string of the molecule is Cc1ccnc(NCC(C)CN)c1Br. The number of pyridine rings is 1. The topological polar surface area (TPSA) is 50.9 Å². The summed E-state index contributed by atoms with van der Waals surface area (Å²) in [6.07, 6.45) is 1.80. The van der Waals surface area contributed by atoms with Crippen molar-refractivity contribution < 1.29 is 0 Å². The van der Waals surface area contributed by atoms with Crippen molar-refractivity contribution in [3.8, 4) is 0 Å². The molecule has 0 aliphatic heterocycles. The van der Waals surface area contributed by atoms with Crippen molar-refractivity contribution in [1.29, 1.82) is 0 Å². The number of aryl methyl sites for hydroxylation is 1. The van der Waals surface area contributed by atoms with Crippen LogP contribution in [0.3, 0.4) is 0 Å². The van der Waals surface area contributed by atoms with E-state index in [9.17, 15) is 0 Å². The molecule has 0 saturated heterocycles. The lowest BCUT2D eigenvalue weighted by atomic mass is 10.2. The smallest absolute Gasteiger partial charge is 0.140 e. The fourth-order valence-corrected chi connectivity index (χ4v) is 1.39. The molecule has 3 N–H and O–H groups in total. The maximum Gasteiger partial charge on any atom is 0.140 e. The van der Waals surface area contributed by atoms with Crippen molar-refractivity contribution in [3.63, 3.8) is 0 Å². The Morgan fingerprint density at radius 3 is 3.00 bits per heavy atom. The first-order valence-electron chi connectivity index (χ1n) is 4.70. The molecule has 1 heterocycles. The van der Waals surface area contributed by atoms with E-state index in [1.165, 1.54) is 5.56 Å². The highest BCUT2D eigenvalue weighted by Crippen LogP contribution is 2.23. The molecule has 0 aliphatic rings. The largest absolute Gasteiger partial charge is 0.369 e. The highest BCUT2D eigenvalue weighted by Gasteiger charge is 2.04. The van der Waals surface area contributed by atoms with Gasteiger partial charge in [0.05, 0.1) is 4.47 Å². The zero-order chi connectivity index (χ0) is 10.6. The second-order valence-corrected chi connectivity index (χ2v) is 4.31. The van der Waals surface area contributed by atoms with E-state index in [1.54, 1.807) is 6.20 Å². The molecule has 78 valence electrons. The van der Waals surface area contributed by atoms with Gasteiger partial charge in [0.25, 0.3) is 0 Å². The highest BCUT2D eigenvalue weighted by molar-refractivity contribution is 9.10. The fraction of sp³-hybridized carbons (Fsp3) is 0.500. The Balaban J connectivity index is 2.63. The molecule has 0 saturated carbocycles. The third-order valence-electron chi connectivity index (χ3n) is 2.10. The number of anilines is 1. The highest BCUT2D eigenvalue weighted by atomic mass is 79.9. The molecule has 1 aromatic rings. The molecule has 0 aromatic carbocycles. The molecule has 0 aliphatic carbocycles. The van der Waals surface area contributed by atoms with E-state index in [-0.39, 0.29) is 0 Å². The van der Waals surface area contributed by atoms with E-state index in [2.05, 4.69) is 33.2 Å². The van der Waals surface area contributed by atoms with Gasteiger partial charge in [0, 0.05) is 12.7 Å². The summed E-state index contributed by atoms with van der Waals surface area (Å²) in [7, 11) is 0. The van der Waals surface area contributed by atoms with Gasteiger partial charge < -0.3 is 11.1 Å². The Morgan fingerprint density at radius 2 is 2.36 bits per heavy atom. The number of halogens is 1. The predicted molar refractivity (Wildman–Crippen MR) is 63.4 cm³/mol. The van der Waals surface area contributed by atoms with Gasteiger partial charge in [-0.05, 0) is 46.9 Å². The number of nitrogens with two attached hydrogens (primary N) is 1. The van der Waals surface area contributed by atoms with Crippen molar-refractivity contribution in [3.05, 3.63) is 22.3 Å². The molecule has 3 nitrogen and oxygen atoms in total. The Bertz CT molecular complexity index is 301. The van der Waals surface area contributed by atoms with Crippen LogP contribution in [0.4, 0.5) is 5.82 Å². The number of nitrogens with one attached hydrogen (secondary N) is 1. The van der Waals surface area contributed by atoms with Crippen molar-refractivity contribution in [2.75, 3.05) is 18.4 Å².